The fourth-order valence-electron chi connectivity index (χ4n) is 1.82. The molecule has 0 fully saturated rings. The molecule has 0 aliphatic heterocycles. The van der Waals surface area contributed by atoms with Crippen LogP contribution in [-0.2, 0) is 13.1 Å². The maximum absolute atomic E-state index is 4.31. The van der Waals surface area contributed by atoms with Gasteiger partial charge in [-0.2, -0.15) is 11.3 Å². The Labute approximate surface area is 107 Å². The smallest absolute Gasteiger partial charge is 0.120 e. The van der Waals surface area contributed by atoms with Crippen molar-refractivity contribution in [3.63, 3.8) is 0 Å². The highest BCUT2D eigenvalue weighted by molar-refractivity contribution is 7.07. The molecule has 0 aliphatic carbocycles. The first-order valence-corrected chi connectivity index (χ1v) is 6.97. The third-order valence-electron chi connectivity index (χ3n) is 3.09. The molecule has 0 saturated carbocycles. The molecule has 2 aromatic heterocycles. The van der Waals surface area contributed by atoms with Gasteiger partial charge in [0.05, 0.1) is 6.54 Å². The molecule has 1 N–H and O–H groups in total. The number of hydrogen-bond donors (Lipinski definition) is 1. The standard InChI is InChI=1S/C13H19N3S/c1-3-11(2)16(8-12-4-7-17-10-12)9-13-14-5-6-15-13/h4-7,10-11H,3,8-9H2,1-2H3,(H,14,15). The number of nitrogens with zero attached hydrogens (tertiary/aromatic N) is 2. The van der Waals surface area contributed by atoms with Crippen molar-refractivity contribution in [1.82, 2.24) is 14.9 Å². The van der Waals surface area contributed by atoms with Gasteiger partial charge in [0.1, 0.15) is 5.82 Å². The van der Waals surface area contributed by atoms with Crippen LogP contribution in [-0.4, -0.2) is 20.9 Å². The Bertz CT molecular complexity index is 372. The van der Waals surface area contributed by atoms with Gasteiger partial charge in [-0.15, -0.1) is 0 Å². The fourth-order valence-corrected chi connectivity index (χ4v) is 2.48. The predicted molar refractivity (Wildman–Crippen MR) is 71.9 cm³/mol. The lowest BCUT2D eigenvalue weighted by atomic mass is 10.2. The SMILES string of the molecule is CCC(C)N(Cc1ccsc1)Cc1ncc[nH]1. The van der Waals surface area contributed by atoms with Crippen LogP contribution in [0.15, 0.2) is 29.2 Å². The zero-order chi connectivity index (χ0) is 12.1. The Morgan fingerprint density at radius 2 is 2.35 bits per heavy atom. The Morgan fingerprint density at radius 3 is 2.94 bits per heavy atom. The van der Waals surface area contributed by atoms with E-state index in [-0.39, 0.29) is 0 Å². The second-order valence-electron chi connectivity index (χ2n) is 4.33. The summed E-state index contributed by atoms with van der Waals surface area (Å²) in [5.74, 6) is 1.04. The van der Waals surface area contributed by atoms with E-state index in [4.69, 9.17) is 0 Å². The van der Waals surface area contributed by atoms with E-state index in [1.54, 1.807) is 11.3 Å². The Balaban J connectivity index is 2.03. The van der Waals surface area contributed by atoms with Crippen molar-refractivity contribution >= 4 is 11.3 Å². The molecule has 17 heavy (non-hydrogen) atoms. The normalized spacial score (nSPS) is 13.1. The molecule has 92 valence electrons. The summed E-state index contributed by atoms with van der Waals surface area (Å²) in [6, 6.07) is 2.77. The van der Waals surface area contributed by atoms with Gasteiger partial charge in [0, 0.05) is 25.0 Å². The van der Waals surface area contributed by atoms with E-state index < -0.39 is 0 Å². The van der Waals surface area contributed by atoms with E-state index in [2.05, 4.69) is 45.5 Å². The average Bonchev–Trinajstić information content (AvgIpc) is 3.00. The molecule has 0 saturated heterocycles. The number of rotatable bonds is 6. The zero-order valence-electron chi connectivity index (χ0n) is 10.4. The highest BCUT2D eigenvalue weighted by Crippen LogP contribution is 2.15. The maximum Gasteiger partial charge on any atom is 0.120 e. The molecule has 0 amide bonds. The maximum atomic E-state index is 4.31. The summed E-state index contributed by atoms with van der Waals surface area (Å²) in [5.41, 5.74) is 1.39. The number of imidazole rings is 1. The molecule has 0 spiro atoms. The van der Waals surface area contributed by atoms with E-state index in [0.717, 1.165) is 25.3 Å². The quantitative estimate of drug-likeness (QED) is 0.852. The summed E-state index contributed by atoms with van der Waals surface area (Å²) < 4.78 is 0. The molecule has 0 aromatic carbocycles. The number of hydrogen-bond acceptors (Lipinski definition) is 3. The lowest BCUT2D eigenvalue weighted by Crippen LogP contribution is -2.31. The van der Waals surface area contributed by atoms with E-state index >= 15 is 0 Å². The van der Waals surface area contributed by atoms with Crippen molar-refractivity contribution in [2.75, 3.05) is 0 Å². The molecule has 1 atom stereocenters. The molecular weight excluding hydrogens is 230 g/mol. The minimum atomic E-state index is 0.569. The van der Waals surface area contributed by atoms with Crippen molar-refractivity contribution < 1.29 is 0 Å². The molecule has 4 heteroatoms. The fraction of sp³-hybridized carbons (Fsp3) is 0.462. The highest BCUT2D eigenvalue weighted by Gasteiger charge is 2.14. The first kappa shape index (κ1) is 12.3. The Kier molecular flexibility index (Phi) is 4.34. The molecule has 3 nitrogen and oxygen atoms in total. The van der Waals surface area contributed by atoms with Crippen LogP contribution >= 0.6 is 11.3 Å². The lowest BCUT2D eigenvalue weighted by Gasteiger charge is -2.27. The van der Waals surface area contributed by atoms with Crippen LogP contribution in [0.5, 0.6) is 0 Å². The van der Waals surface area contributed by atoms with E-state index in [0.29, 0.717) is 6.04 Å². The number of H-pyrrole nitrogens is 1. The van der Waals surface area contributed by atoms with Gasteiger partial charge in [0.2, 0.25) is 0 Å². The van der Waals surface area contributed by atoms with Gasteiger partial charge in [-0.1, -0.05) is 6.92 Å². The third-order valence-corrected chi connectivity index (χ3v) is 3.82. The molecule has 2 heterocycles. The largest absolute Gasteiger partial charge is 0.348 e. The predicted octanol–water partition coefficient (Wildman–Crippen LogP) is 3.27. The van der Waals surface area contributed by atoms with Crippen molar-refractivity contribution in [3.05, 3.63) is 40.6 Å². The lowest BCUT2D eigenvalue weighted by molar-refractivity contribution is 0.182. The van der Waals surface area contributed by atoms with Crippen LogP contribution in [0, 0.1) is 0 Å². The van der Waals surface area contributed by atoms with E-state index in [1.165, 1.54) is 5.56 Å². The van der Waals surface area contributed by atoms with Crippen LogP contribution in [0.4, 0.5) is 0 Å². The summed E-state index contributed by atoms with van der Waals surface area (Å²) in [7, 11) is 0. The minimum absolute atomic E-state index is 0.569. The van der Waals surface area contributed by atoms with Crippen molar-refractivity contribution in [2.24, 2.45) is 0 Å². The van der Waals surface area contributed by atoms with Crippen LogP contribution in [0.3, 0.4) is 0 Å². The van der Waals surface area contributed by atoms with E-state index in [1.807, 2.05) is 12.4 Å². The summed E-state index contributed by atoms with van der Waals surface area (Å²) in [4.78, 5) is 9.94. The number of nitrogens with one attached hydrogen (secondary N) is 1. The van der Waals surface area contributed by atoms with Crippen molar-refractivity contribution in [2.45, 2.75) is 39.4 Å². The Morgan fingerprint density at radius 1 is 1.47 bits per heavy atom. The van der Waals surface area contributed by atoms with Gasteiger partial charge in [-0.25, -0.2) is 4.98 Å². The molecule has 2 rings (SSSR count). The van der Waals surface area contributed by atoms with E-state index in [9.17, 15) is 0 Å². The van der Waals surface area contributed by atoms with Gasteiger partial charge in [0.25, 0.3) is 0 Å². The van der Waals surface area contributed by atoms with Gasteiger partial charge in [-0.05, 0) is 35.7 Å². The zero-order valence-corrected chi connectivity index (χ0v) is 11.2. The summed E-state index contributed by atoms with van der Waals surface area (Å²) in [6.07, 6.45) is 4.86. The van der Waals surface area contributed by atoms with Gasteiger partial charge in [-0.3, -0.25) is 4.90 Å². The summed E-state index contributed by atoms with van der Waals surface area (Å²) in [5, 5.41) is 4.36. The van der Waals surface area contributed by atoms with Crippen LogP contribution < -0.4 is 0 Å². The van der Waals surface area contributed by atoms with Gasteiger partial charge >= 0.3 is 0 Å². The Hall–Kier alpha value is -1.13. The first-order valence-electron chi connectivity index (χ1n) is 6.03. The average molecular weight is 249 g/mol. The molecule has 0 aliphatic rings. The first-order chi connectivity index (χ1) is 8.29. The summed E-state index contributed by atoms with van der Waals surface area (Å²) >= 11 is 1.76. The van der Waals surface area contributed by atoms with Crippen LogP contribution in [0.2, 0.25) is 0 Å². The van der Waals surface area contributed by atoms with Crippen LogP contribution in [0.25, 0.3) is 0 Å². The topological polar surface area (TPSA) is 31.9 Å². The van der Waals surface area contributed by atoms with Crippen molar-refractivity contribution in [1.29, 1.82) is 0 Å². The molecule has 0 bridgehead atoms. The number of aromatic nitrogens is 2. The minimum Gasteiger partial charge on any atom is -0.348 e. The second kappa shape index (κ2) is 5.98. The number of thiophene rings is 1. The monoisotopic (exact) mass is 249 g/mol. The third kappa shape index (κ3) is 3.41. The van der Waals surface area contributed by atoms with Gasteiger partial charge in [0.15, 0.2) is 0 Å². The number of aromatic amines is 1. The molecule has 1 unspecified atom stereocenters. The van der Waals surface area contributed by atoms with Crippen molar-refractivity contribution in [3.8, 4) is 0 Å². The second-order valence-corrected chi connectivity index (χ2v) is 5.11. The molecule has 2 aromatic rings. The van der Waals surface area contributed by atoms with Gasteiger partial charge < -0.3 is 4.98 Å². The molecule has 0 radical (unpaired) electrons. The summed E-state index contributed by atoms with van der Waals surface area (Å²) in [6.45, 7) is 6.39. The molecular formula is C13H19N3S. The highest BCUT2D eigenvalue weighted by atomic mass is 32.1. The van der Waals surface area contributed by atoms with Crippen LogP contribution in [0.1, 0.15) is 31.7 Å².